The number of Topliss-reactive ketones (excluding diaryl/α,β-unsaturated/α-hetero) is 3. The molecule has 0 aromatic carbocycles. The van der Waals surface area contributed by atoms with Gasteiger partial charge in [0, 0.05) is 30.3 Å². The minimum absolute atomic E-state index is 0.00496. The summed E-state index contributed by atoms with van der Waals surface area (Å²) in [6.45, 7) is 7.16. The Balaban J connectivity index is 2.62. The van der Waals surface area contributed by atoms with Crippen LogP contribution < -0.4 is 0 Å². The molecule has 6 nitrogen and oxygen atoms in total. The van der Waals surface area contributed by atoms with Gasteiger partial charge in [0.25, 0.3) is 0 Å². The lowest BCUT2D eigenvalue weighted by molar-refractivity contribution is -0.175. The molecule has 2 aliphatic rings. The number of rotatable bonds is 8. The van der Waals surface area contributed by atoms with Crippen molar-refractivity contribution in [3.63, 3.8) is 0 Å². The number of aliphatic carboxylic acids is 1. The molecular weight excluding hydrogens is 360 g/mol. The van der Waals surface area contributed by atoms with Crippen LogP contribution in [0.2, 0.25) is 0 Å². The molecule has 0 heterocycles. The zero-order chi connectivity index (χ0) is 21.2. The first-order valence-electron chi connectivity index (χ1n) is 10.6. The number of unbranched alkanes of at least 4 members (excludes halogenated alkanes) is 1. The molecule has 158 valence electrons. The fourth-order valence-corrected chi connectivity index (χ4v) is 5.99. The molecule has 0 aliphatic heterocycles. The normalized spacial score (nSPS) is 36.7. The minimum atomic E-state index is -1.24. The zero-order valence-electron chi connectivity index (χ0n) is 17.4. The van der Waals surface area contributed by atoms with Crippen molar-refractivity contribution in [2.24, 2.45) is 40.9 Å². The molecule has 0 amide bonds. The highest BCUT2D eigenvalue weighted by atomic mass is 16.4. The fourth-order valence-electron chi connectivity index (χ4n) is 5.99. The number of carbonyl (C=O) groups excluding carboxylic acids is 3. The first-order valence-corrected chi connectivity index (χ1v) is 10.6. The molecule has 2 saturated carbocycles. The van der Waals surface area contributed by atoms with Crippen molar-refractivity contribution in [2.75, 3.05) is 6.61 Å². The van der Waals surface area contributed by atoms with Crippen molar-refractivity contribution in [1.82, 2.24) is 0 Å². The zero-order valence-corrected chi connectivity index (χ0v) is 17.4. The summed E-state index contributed by atoms with van der Waals surface area (Å²) >= 11 is 0. The third-order valence-electron chi connectivity index (χ3n) is 7.22. The van der Waals surface area contributed by atoms with Gasteiger partial charge in [-0.05, 0) is 37.0 Å². The summed E-state index contributed by atoms with van der Waals surface area (Å²) in [7, 11) is 0. The summed E-state index contributed by atoms with van der Waals surface area (Å²) in [6, 6.07) is 0. The maximum absolute atomic E-state index is 13.2. The summed E-state index contributed by atoms with van der Waals surface area (Å²) in [5.74, 6) is -5.57. The van der Waals surface area contributed by atoms with Gasteiger partial charge in [0.2, 0.25) is 11.6 Å². The molecular formula is C22H34O6. The Kier molecular flexibility index (Phi) is 7.18. The van der Waals surface area contributed by atoms with Gasteiger partial charge in [-0.15, -0.1) is 0 Å². The second kappa shape index (κ2) is 8.85. The van der Waals surface area contributed by atoms with Crippen LogP contribution >= 0.6 is 0 Å². The van der Waals surface area contributed by atoms with Gasteiger partial charge in [0.1, 0.15) is 5.78 Å². The smallest absolute Gasteiger partial charge is 0.306 e. The van der Waals surface area contributed by atoms with Crippen LogP contribution in [0, 0.1) is 40.9 Å². The van der Waals surface area contributed by atoms with Crippen LogP contribution in [0.5, 0.6) is 0 Å². The maximum atomic E-state index is 13.2. The van der Waals surface area contributed by atoms with E-state index in [9.17, 15) is 29.4 Å². The van der Waals surface area contributed by atoms with Gasteiger partial charge < -0.3 is 10.2 Å². The molecule has 2 aliphatic carbocycles. The Morgan fingerprint density at radius 2 is 1.86 bits per heavy atom. The number of hydrogen-bond acceptors (Lipinski definition) is 5. The number of aliphatic hydroxyl groups excluding tert-OH is 1. The molecule has 7 atom stereocenters. The van der Waals surface area contributed by atoms with E-state index in [0.717, 1.165) is 12.8 Å². The van der Waals surface area contributed by atoms with Crippen molar-refractivity contribution in [3.8, 4) is 0 Å². The van der Waals surface area contributed by atoms with Gasteiger partial charge >= 0.3 is 5.97 Å². The van der Waals surface area contributed by atoms with Gasteiger partial charge in [-0.25, -0.2) is 0 Å². The lowest BCUT2D eigenvalue weighted by atomic mass is 9.45. The van der Waals surface area contributed by atoms with Gasteiger partial charge in [-0.1, -0.05) is 40.5 Å². The second-order valence-electron chi connectivity index (χ2n) is 9.16. The van der Waals surface area contributed by atoms with E-state index in [1.807, 2.05) is 20.8 Å². The summed E-state index contributed by atoms with van der Waals surface area (Å²) < 4.78 is 0. The first-order chi connectivity index (χ1) is 13.1. The molecule has 7 unspecified atom stereocenters. The summed E-state index contributed by atoms with van der Waals surface area (Å²) in [4.78, 5) is 51.6. The number of ketones is 3. The number of aliphatic hydroxyl groups is 1. The van der Waals surface area contributed by atoms with Gasteiger partial charge in [-0.3, -0.25) is 19.2 Å². The predicted octanol–water partition coefficient (Wildman–Crippen LogP) is 2.90. The second-order valence-corrected chi connectivity index (χ2v) is 9.16. The molecule has 6 heteroatoms. The maximum Gasteiger partial charge on any atom is 0.306 e. The Labute approximate surface area is 167 Å². The van der Waals surface area contributed by atoms with E-state index in [0.29, 0.717) is 19.3 Å². The number of fused-ring (bicyclic) bond motifs is 1. The topological polar surface area (TPSA) is 109 Å². The van der Waals surface area contributed by atoms with Crippen molar-refractivity contribution in [2.45, 2.75) is 66.2 Å². The first kappa shape index (κ1) is 22.7. The Morgan fingerprint density at radius 3 is 2.39 bits per heavy atom. The molecule has 2 rings (SSSR count). The van der Waals surface area contributed by atoms with E-state index in [1.165, 1.54) is 0 Å². The third kappa shape index (κ3) is 3.80. The Hall–Kier alpha value is -1.56. The third-order valence-corrected chi connectivity index (χ3v) is 7.22. The molecule has 0 saturated heterocycles. The highest BCUT2D eigenvalue weighted by Gasteiger charge is 2.64. The monoisotopic (exact) mass is 394 g/mol. The lowest BCUT2D eigenvalue weighted by Gasteiger charge is -2.54. The van der Waals surface area contributed by atoms with Crippen molar-refractivity contribution in [1.29, 1.82) is 0 Å². The van der Waals surface area contributed by atoms with Crippen LogP contribution in [-0.2, 0) is 19.2 Å². The average molecular weight is 395 g/mol. The van der Waals surface area contributed by atoms with E-state index < -0.39 is 46.6 Å². The number of carboxylic acids is 1. The SMILES string of the molecule is CCCCC(C)C1C(=O)C(=O)C2CC(C)CC(C(=O)O)C2C1(C)C(=O)CCO. The molecule has 0 radical (unpaired) electrons. The van der Waals surface area contributed by atoms with E-state index in [-0.39, 0.29) is 30.6 Å². The fraction of sp³-hybridized carbons (Fsp3) is 0.818. The van der Waals surface area contributed by atoms with Crippen molar-refractivity contribution in [3.05, 3.63) is 0 Å². The van der Waals surface area contributed by atoms with Crippen molar-refractivity contribution < 1.29 is 29.4 Å². The quantitative estimate of drug-likeness (QED) is 0.613. The van der Waals surface area contributed by atoms with E-state index in [1.54, 1.807) is 6.92 Å². The van der Waals surface area contributed by atoms with E-state index in [4.69, 9.17) is 0 Å². The molecule has 0 aromatic rings. The molecule has 0 bridgehead atoms. The predicted molar refractivity (Wildman–Crippen MR) is 104 cm³/mol. The number of carboxylic acid groups (broad SMARTS) is 1. The van der Waals surface area contributed by atoms with Crippen molar-refractivity contribution >= 4 is 23.3 Å². The van der Waals surface area contributed by atoms with Gasteiger partial charge in [-0.2, -0.15) is 0 Å². The highest BCUT2D eigenvalue weighted by Crippen LogP contribution is 2.57. The number of carbonyl (C=O) groups is 4. The highest BCUT2D eigenvalue weighted by molar-refractivity contribution is 6.40. The molecule has 2 fully saturated rings. The Morgan fingerprint density at radius 1 is 1.21 bits per heavy atom. The van der Waals surface area contributed by atoms with Crippen LogP contribution in [0.25, 0.3) is 0 Å². The lowest BCUT2D eigenvalue weighted by Crippen LogP contribution is -2.63. The largest absolute Gasteiger partial charge is 0.481 e. The van der Waals surface area contributed by atoms with E-state index in [2.05, 4.69) is 0 Å². The summed E-state index contributed by atoms with van der Waals surface area (Å²) in [6.07, 6.45) is 3.22. The molecule has 0 spiro atoms. The van der Waals surface area contributed by atoms with Gasteiger partial charge in [0.05, 0.1) is 5.92 Å². The average Bonchev–Trinajstić information content (AvgIpc) is 2.63. The summed E-state index contributed by atoms with van der Waals surface area (Å²) in [5.41, 5.74) is -1.24. The number of hydrogen-bond donors (Lipinski definition) is 2. The molecule has 2 N–H and O–H groups in total. The van der Waals surface area contributed by atoms with Gasteiger partial charge in [0.15, 0.2) is 0 Å². The standard InChI is InChI=1S/C22H34O6/c1-5-6-7-13(3)17-20(26)19(25)14-10-12(2)11-15(21(27)28)18(14)22(17,4)16(24)8-9-23/h12-15,17-18,23H,5-11H2,1-4H3,(H,27,28). The molecule has 0 aromatic heterocycles. The molecule has 28 heavy (non-hydrogen) atoms. The van der Waals surface area contributed by atoms with Crippen LogP contribution in [0.1, 0.15) is 66.2 Å². The van der Waals surface area contributed by atoms with Crippen LogP contribution in [0.15, 0.2) is 0 Å². The Bertz CT molecular complexity index is 641. The van der Waals surface area contributed by atoms with Crippen LogP contribution in [0.4, 0.5) is 0 Å². The minimum Gasteiger partial charge on any atom is -0.481 e. The summed E-state index contributed by atoms with van der Waals surface area (Å²) in [5, 5.41) is 19.3. The van der Waals surface area contributed by atoms with E-state index >= 15 is 0 Å². The van der Waals surface area contributed by atoms with Crippen LogP contribution in [-0.4, -0.2) is 40.1 Å². The van der Waals surface area contributed by atoms with Crippen LogP contribution in [0.3, 0.4) is 0 Å².